The Labute approximate surface area is 99.4 Å². The van der Waals surface area contributed by atoms with Crippen molar-refractivity contribution in [3.63, 3.8) is 0 Å². The fourth-order valence-electron chi connectivity index (χ4n) is 1.77. The normalized spacial score (nSPS) is 14.7. The Kier molecular flexibility index (Phi) is 6.10. The fourth-order valence-corrected chi connectivity index (χ4v) is 1.77. The lowest BCUT2D eigenvalue weighted by Crippen LogP contribution is -2.40. The number of carbonyl (C=O) groups is 1. The lowest BCUT2D eigenvalue weighted by molar-refractivity contribution is -0.135. The summed E-state index contributed by atoms with van der Waals surface area (Å²) in [5, 5.41) is 8.98. The minimum Gasteiger partial charge on any atom is -0.342 e. The largest absolute Gasteiger partial charge is 0.342 e. The highest BCUT2D eigenvalue weighted by Gasteiger charge is 2.27. The molecule has 0 N–H and O–H groups in total. The van der Waals surface area contributed by atoms with Gasteiger partial charge in [0.25, 0.3) is 0 Å². The number of nitrogens with zero attached hydrogens (tertiary/aromatic N) is 2. The van der Waals surface area contributed by atoms with Crippen LogP contribution in [0.2, 0.25) is 0 Å². The maximum atomic E-state index is 12.0. The molecule has 0 spiro atoms. The molecule has 0 aromatic carbocycles. The van der Waals surface area contributed by atoms with Crippen LogP contribution in [0.15, 0.2) is 0 Å². The molecule has 0 aliphatic carbocycles. The minimum atomic E-state index is -0.514. The lowest BCUT2D eigenvalue weighted by atomic mass is 9.94. The highest BCUT2D eigenvalue weighted by Crippen LogP contribution is 2.17. The molecular formula is C13H24N2O. The van der Waals surface area contributed by atoms with Gasteiger partial charge < -0.3 is 4.90 Å². The zero-order valence-electron chi connectivity index (χ0n) is 11.3. The third-order valence-corrected chi connectivity index (χ3v) is 2.89. The van der Waals surface area contributed by atoms with Gasteiger partial charge in [-0.15, -0.1) is 0 Å². The molecule has 0 aromatic heterocycles. The zero-order valence-corrected chi connectivity index (χ0v) is 11.3. The summed E-state index contributed by atoms with van der Waals surface area (Å²) in [6.45, 7) is 10.1. The molecule has 0 heterocycles. The van der Waals surface area contributed by atoms with Crippen LogP contribution in [0.3, 0.4) is 0 Å². The van der Waals surface area contributed by atoms with Crippen molar-refractivity contribution in [2.45, 2.75) is 47.1 Å². The van der Waals surface area contributed by atoms with E-state index in [1.807, 2.05) is 20.8 Å². The van der Waals surface area contributed by atoms with Gasteiger partial charge >= 0.3 is 0 Å². The predicted octanol–water partition coefficient (Wildman–Crippen LogP) is 2.68. The van der Waals surface area contributed by atoms with Gasteiger partial charge in [0.2, 0.25) is 5.91 Å². The van der Waals surface area contributed by atoms with E-state index >= 15 is 0 Å². The second-order valence-corrected chi connectivity index (χ2v) is 5.28. The number of hydrogen-bond acceptors (Lipinski definition) is 2. The summed E-state index contributed by atoms with van der Waals surface area (Å²) in [5.41, 5.74) is 0. The van der Waals surface area contributed by atoms with Crippen LogP contribution in [0.25, 0.3) is 0 Å². The molecule has 0 saturated heterocycles. The van der Waals surface area contributed by atoms with Gasteiger partial charge in [-0.1, -0.05) is 27.7 Å². The highest BCUT2D eigenvalue weighted by atomic mass is 16.2. The number of nitriles is 1. The van der Waals surface area contributed by atoms with E-state index < -0.39 is 5.92 Å². The van der Waals surface area contributed by atoms with Crippen molar-refractivity contribution in [2.75, 3.05) is 7.05 Å². The first-order valence-electron chi connectivity index (χ1n) is 5.97. The van der Waals surface area contributed by atoms with Crippen molar-refractivity contribution in [1.82, 2.24) is 4.90 Å². The first kappa shape index (κ1) is 15.0. The number of rotatable bonds is 5. The van der Waals surface area contributed by atoms with Gasteiger partial charge in [-0.25, -0.2) is 0 Å². The summed E-state index contributed by atoms with van der Waals surface area (Å²) in [5.74, 6) is 0.0706. The van der Waals surface area contributed by atoms with E-state index in [0.717, 1.165) is 6.42 Å². The van der Waals surface area contributed by atoms with Gasteiger partial charge in [0.05, 0.1) is 6.07 Å². The van der Waals surface area contributed by atoms with Crippen LogP contribution >= 0.6 is 0 Å². The number of hydrogen-bond donors (Lipinski definition) is 0. The molecule has 2 atom stereocenters. The molecule has 92 valence electrons. The van der Waals surface area contributed by atoms with Gasteiger partial charge in [0.15, 0.2) is 0 Å². The summed E-state index contributed by atoms with van der Waals surface area (Å²) in [4.78, 5) is 13.8. The smallest absolute Gasteiger partial charge is 0.240 e. The highest BCUT2D eigenvalue weighted by molar-refractivity contribution is 5.81. The van der Waals surface area contributed by atoms with Crippen molar-refractivity contribution in [2.24, 2.45) is 17.8 Å². The molecule has 16 heavy (non-hydrogen) atoms. The monoisotopic (exact) mass is 224 g/mol. The second kappa shape index (κ2) is 6.52. The number of carbonyl (C=O) groups excluding carboxylic acids is 1. The van der Waals surface area contributed by atoms with E-state index in [9.17, 15) is 4.79 Å². The molecule has 0 saturated carbocycles. The van der Waals surface area contributed by atoms with Gasteiger partial charge in [0, 0.05) is 13.1 Å². The molecule has 1 amide bonds. The van der Waals surface area contributed by atoms with E-state index in [2.05, 4.69) is 19.9 Å². The standard InChI is InChI=1S/C13H24N2O/c1-9(2)7-11(5)15(6)13(16)12(8-14)10(3)4/h9-12H,7H2,1-6H3. The second-order valence-electron chi connectivity index (χ2n) is 5.28. The Morgan fingerprint density at radius 1 is 1.25 bits per heavy atom. The maximum Gasteiger partial charge on any atom is 0.240 e. The molecule has 0 radical (unpaired) electrons. The van der Waals surface area contributed by atoms with Crippen molar-refractivity contribution in [1.29, 1.82) is 5.26 Å². The van der Waals surface area contributed by atoms with Crippen LogP contribution < -0.4 is 0 Å². The molecule has 0 aliphatic heterocycles. The molecule has 2 unspecified atom stereocenters. The Hall–Kier alpha value is -1.04. The zero-order chi connectivity index (χ0) is 12.9. The Bertz CT molecular complexity index is 266. The fraction of sp³-hybridized carbons (Fsp3) is 0.846. The minimum absolute atomic E-state index is 0.0503. The average Bonchev–Trinajstić information content (AvgIpc) is 2.15. The van der Waals surface area contributed by atoms with Gasteiger partial charge in [-0.05, 0) is 25.2 Å². The lowest BCUT2D eigenvalue weighted by Gasteiger charge is -2.29. The van der Waals surface area contributed by atoms with E-state index in [1.54, 1.807) is 11.9 Å². The van der Waals surface area contributed by atoms with Gasteiger partial charge in [-0.3, -0.25) is 4.79 Å². The van der Waals surface area contributed by atoms with Crippen LogP contribution in [0.5, 0.6) is 0 Å². The summed E-state index contributed by atoms with van der Waals surface area (Å²) in [7, 11) is 1.79. The van der Waals surface area contributed by atoms with Gasteiger partial charge in [0.1, 0.15) is 5.92 Å². The van der Waals surface area contributed by atoms with Gasteiger partial charge in [-0.2, -0.15) is 5.26 Å². The maximum absolute atomic E-state index is 12.0. The average molecular weight is 224 g/mol. The predicted molar refractivity (Wildman–Crippen MR) is 65.6 cm³/mol. The van der Waals surface area contributed by atoms with Crippen LogP contribution in [0.1, 0.15) is 41.0 Å². The van der Waals surface area contributed by atoms with E-state index in [4.69, 9.17) is 5.26 Å². The molecule has 3 nitrogen and oxygen atoms in total. The van der Waals surface area contributed by atoms with Crippen LogP contribution in [0.4, 0.5) is 0 Å². The van der Waals surface area contributed by atoms with Crippen molar-refractivity contribution in [3.05, 3.63) is 0 Å². The van der Waals surface area contributed by atoms with E-state index in [0.29, 0.717) is 5.92 Å². The molecule has 0 aromatic rings. The SMILES string of the molecule is CC(C)CC(C)N(C)C(=O)C(C#N)C(C)C. The third-order valence-electron chi connectivity index (χ3n) is 2.89. The molecular weight excluding hydrogens is 200 g/mol. The van der Waals surface area contributed by atoms with E-state index in [1.165, 1.54) is 0 Å². The van der Waals surface area contributed by atoms with Crippen molar-refractivity contribution < 1.29 is 4.79 Å². The number of amides is 1. The summed E-state index contributed by atoms with van der Waals surface area (Å²) >= 11 is 0. The van der Waals surface area contributed by atoms with Crippen LogP contribution in [0, 0.1) is 29.1 Å². The molecule has 0 rings (SSSR count). The summed E-state index contributed by atoms with van der Waals surface area (Å²) in [6, 6.07) is 2.30. The molecule has 0 aliphatic rings. The Morgan fingerprint density at radius 3 is 2.06 bits per heavy atom. The molecule has 0 bridgehead atoms. The van der Waals surface area contributed by atoms with Crippen molar-refractivity contribution >= 4 is 5.91 Å². The van der Waals surface area contributed by atoms with E-state index in [-0.39, 0.29) is 17.9 Å². The van der Waals surface area contributed by atoms with Crippen molar-refractivity contribution in [3.8, 4) is 6.07 Å². The topological polar surface area (TPSA) is 44.1 Å². The molecule has 0 fully saturated rings. The Balaban J connectivity index is 4.54. The third kappa shape index (κ3) is 4.22. The first-order chi connectivity index (χ1) is 7.31. The molecule has 3 heteroatoms. The van der Waals surface area contributed by atoms with Crippen LogP contribution in [-0.4, -0.2) is 23.9 Å². The summed E-state index contributed by atoms with van der Waals surface area (Å²) in [6.07, 6.45) is 0.971. The first-order valence-corrected chi connectivity index (χ1v) is 5.97. The Morgan fingerprint density at radius 2 is 1.75 bits per heavy atom. The summed E-state index contributed by atoms with van der Waals surface area (Å²) < 4.78 is 0. The van der Waals surface area contributed by atoms with Crippen LogP contribution in [-0.2, 0) is 4.79 Å². The quantitative estimate of drug-likeness (QED) is 0.720.